The SMILES string of the molecule is C=CCC(C=C)(CCC=C(C)C)OC(=O)C=Cc1ccccc1. The molecular weight excluding hydrogens is 284 g/mol. The van der Waals surface area contributed by atoms with Crippen LogP contribution in [0.2, 0.25) is 0 Å². The third-order valence-electron chi connectivity index (χ3n) is 3.50. The van der Waals surface area contributed by atoms with Gasteiger partial charge in [-0.25, -0.2) is 4.79 Å². The second-order valence-electron chi connectivity index (χ2n) is 5.75. The summed E-state index contributed by atoms with van der Waals surface area (Å²) in [5.74, 6) is -0.368. The van der Waals surface area contributed by atoms with E-state index >= 15 is 0 Å². The Hall–Kier alpha value is -2.35. The van der Waals surface area contributed by atoms with Crippen molar-refractivity contribution in [2.45, 2.75) is 38.7 Å². The highest BCUT2D eigenvalue weighted by Crippen LogP contribution is 2.26. The van der Waals surface area contributed by atoms with Crippen LogP contribution in [0.15, 0.2) is 73.4 Å². The maximum atomic E-state index is 12.2. The molecule has 2 nitrogen and oxygen atoms in total. The van der Waals surface area contributed by atoms with Crippen LogP contribution >= 0.6 is 0 Å². The van der Waals surface area contributed by atoms with Gasteiger partial charge in [0.2, 0.25) is 0 Å². The zero-order valence-corrected chi connectivity index (χ0v) is 14.1. The Kier molecular flexibility index (Phi) is 7.82. The van der Waals surface area contributed by atoms with Gasteiger partial charge in [0.15, 0.2) is 0 Å². The molecule has 0 heterocycles. The Bertz CT molecular complexity index is 577. The Morgan fingerprint density at radius 1 is 1.22 bits per heavy atom. The minimum Gasteiger partial charge on any atom is -0.451 e. The molecule has 0 aliphatic heterocycles. The Balaban J connectivity index is 2.77. The van der Waals surface area contributed by atoms with E-state index in [0.717, 1.165) is 12.0 Å². The largest absolute Gasteiger partial charge is 0.451 e. The number of allylic oxidation sites excluding steroid dienone is 2. The van der Waals surface area contributed by atoms with Crippen molar-refractivity contribution in [2.24, 2.45) is 0 Å². The average molecular weight is 310 g/mol. The number of rotatable bonds is 9. The van der Waals surface area contributed by atoms with Crippen molar-refractivity contribution in [3.8, 4) is 0 Å². The summed E-state index contributed by atoms with van der Waals surface area (Å²) in [6.45, 7) is 11.7. The van der Waals surface area contributed by atoms with Crippen molar-refractivity contribution in [1.29, 1.82) is 0 Å². The van der Waals surface area contributed by atoms with Gasteiger partial charge < -0.3 is 4.74 Å². The highest BCUT2D eigenvalue weighted by molar-refractivity contribution is 5.87. The molecule has 0 saturated carbocycles. The van der Waals surface area contributed by atoms with Gasteiger partial charge in [0.05, 0.1) is 0 Å². The quantitative estimate of drug-likeness (QED) is 0.342. The van der Waals surface area contributed by atoms with Crippen LogP contribution in [0.1, 0.15) is 38.7 Å². The lowest BCUT2D eigenvalue weighted by Crippen LogP contribution is -2.31. The van der Waals surface area contributed by atoms with E-state index < -0.39 is 5.60 Å². The predicted octanol–water partition coefficient (Wildman–Crippen LogP) is 5.49. The molecule has 0 aromatic heterocycles. The molecule has 0 bridgehead atoms. The molecule has 0 fully saturated rings. The molecule has 0 aliphatic carbocycles. The zero-order valence-electron chi connectivity index (χ0n) is 14.1. The van der Waals surface area contributed by atoms with Gasteiger partial charge in [-0.3, -0.25) is 0 Å². The van der Waals surface area contributed by atoms with Crippen LogP contribution < -0.4 is 0 Å². The molecule has 0 saturated heterocycles. The molecule has 1 aromatic carbocycles. The van der Waals surface area contributed by atoms with Gasteiger partial charge in [-0.2, -0.15) is 0 Å². The van der Waals surface area contributed by atoms with Gasteiger partial charge in [0.1, 0.15) is 5.60 Å². The van der Waals surface area contributed by atoms with Crippen LogP contribution in [0, 0.1) is 0 Å². The molecule has 1 atom stereocenters. The first-order valence-electron chi connectivity index (χ1n) is 7.85. The molecule has 0 spiro atoms. The maximum Gasteiger partial charge on any atom is 0.331 e. The molecule has 122 valence electrons. The van der Waals surface area contributed by atoms with Crippen LogP contribution in [0.25, 0.3) is 6.08 Å². The smallest absolute Gasteiger partial charge is 0.331 e. The number of benzene rings is 1. The molecule has 1 unspecified atom stereocenters. The number of esters is 1. The fourth-order valence-corrected chi connectivity index (χ4v) is 2.23. The first kappa shape index (κ1) is 18.7. The van der Waals surface area contributed by atoms with Gasteiger partial charge in [0.25, 0.3) is 0 Å². The molecule has 2 heteroatoms. The standard InChI is InChI=1S/C21H26O2/c1-5-16-21(6-2,17-10-11-18(3)4)23-20(22)15-14-19-12-8-7-9-13-19/h5-9,11-15H,1-2,10,16-17H2,3-4H3. The Labute approximate surface area is 139 Å². The van der Waals surface area contributed by atoms with Gasteiger partial charge in [-0.15, -0.1) is 6.58 Å². The summed E-state index contributed by atoms with van der Waals surface area (Å²) in [5, 5.41) is 0. The average Bonchev–Trinajstić information content (AvgIpc) is 2.53. The normalized spacial score (nSPS) is 13.1. The van der Waals surface area contributed by atoms with Gasteiger partial charge in [-0.1, -0.05) is 54.6 Å². The number of hydrogen-bond acceptors (Lipinski definition) is 2. The zero-order chi connectivity index (χ0) is 17.1. The van der Waals surface area contributed by atoms with Crippen LogP contribution in [0.5, 0.6) is 0 Å². The molecule has 0 radical (unpaired) electrons. The van der Waals surface area contributed by atoms with E-state index in [9.17, 15) is 4.79 Å². The summed E-state index contributed by atoms with van der Waals surface area (Å²) in [4.78, 5) is 12.2. The number of carbonyl (C=O) groups excluding carboxylic acids is 1. The van der Waals surface area contributed by atoms with Gasteiger partial charge in [0, 0.05) is 12.5 Å². The maximum absolute atomic E-state index is 12.2. The van der Waals surface area contributed by atoms with Gasteiger partial charge in [-0.05, 0) is 44.4 Å². The van der Waals surface area contributed by atoms with E-state index in [0.29, 0.717) is 12.8 Å². The van der Waals surface area contributed by atoms with Crippen molar-refractivity contribution in [2.75, 3.05) is 0 Å². The summed E-state index contributed by atoms with van der Waals surface area (Å²) in [6, 6.07) is 9.66. The lowest BCUT2D eigenvalue weighted by atomic mass is 9.93. The van der Waals surface area contributed by atoms with Crippen molar-refractivity contribution in [3.63, 3.8) is 0 Å². The van der Waals surface area contributed by atoms with Gasteiger partial charge >= 0.3 is 5.97 Å². The third kappa shape index (κ3) is 6.96. The number of ether oxygens (including phenoxy) is 1. The molecular formula is C21H26O2. The van der Waals surface area contributed by atoms with Crippen LogP contribution in [0.3, 0.4) is 0 Å². The molecule has 1 aromatic rings. The fraction of sp³-hybridized carbons (Fsp3) is 0.286. The van der Waals surface area contributed by atoms with Crippen molar-refractivity contribution in [3.05, 3.63) is 78.9 Å². The monoisotopic (exact) mass is 310 g/mol. The predicted molar refractivity (Wildman–Crippen MR) is 98.0 cm³/mol. The topological polar surface area (TPSA) is 26.3 Å². The van der Waals surface area contributed by atoms with Crippen LogP contribution in [-0.4, -0.2) is 11.6 Å². The molecule has 0 aliphatic rings. The second kappa shape index (κ2) is 9.62. The summed E-state index contributed by atoms with van der Waals surface area (Å²) >= 11 is 0. The molecule has 0 N–H and O–H groups in total. The summed E-state index contributed by atoms with van der Waals surface area (Å²) in [6.07, 6.45) is 10.9. The van der Waals surface area contributed by atoms with E-state index in [-0.39, 0.29) is 5.97 Å². The summed E-state index contributed by atoms with van der Waals surface area (Å²) < 4.78 is 5.69. The first-order chi connectivity index (χ1) is 11.0. The Morgan fingerprint density at radius 3 is 2.48 bits per heavy atom. The van der Waals surface area contributed by atoms with E-state index in [2.05, 4.69) is 33.1 Å². The lowest BCUT2D eigenvalue weighted by molar-refractivity contribution is -0.149. The minimum atomic E-state index is -0.703. The van der Waals surface area contributed by atoms with Crippen molar-refractivity contribution >= 4 is 12.0 Å². The second-order valence-corrected chi connectivity index (χ2v) is 5.75. The van der Waals surface area contributed by atoms with E-state index in [1.807, 2.05) is 30.3 Å². The molecule has 0 amide bonds. The summed E-state index contributed by atoms with van der Waals surface area (Å²) in [5.41, 5.74) is 1.50. The highest BCUT2D eigenvalue weighted by atomic mass is 16.6. The lowest BCUT2D eigenvalue weighted by Gasteiger charge is -2.28. The van der Waals surface area contributed by atoms with Crippen molar-refractivity contribution < 1.29 is 9.53 Å². The number of hydrogen-bond donors (Lipinski definition) is 0. The highest BCUT2D eigenvalue weighted by Gasteiger charge is 2.28. The third-order valence-corrected chi connectivity index (χ3v) is 3.50. The number of carbonyl (C=O) groups is 1. The molecule has 23 heavy (non-hydrogen) atoms. The van der Waals surface area contributed by atoms with E-state index in [1.165, 1.54) is 11.6 Å². The van der Waals surface area contributed by atoms with E-state index in [1.54, 1.807) is 18.2 Å². The summed E-state index contributed by atoms with van der Waals surface area (Å²) in [7, 11) is 0. The van der Waals surface area contributed by atoms with Crippen molar-refractivity contribution in [1.82, 2.24) is 0 Å². The Morgan fingerprint density at radius 2 is 1.91 bits per heavy atom. The fourth-order valence-electron chi connectivity index (χ4n) is 2.23. The molecule has 1 rings (SSSR count). The minimum absolute atomic E-state index is 0.368. The van der Waals surface area contributed by atoms with Crippen LogP contribution in [0.4, 0.5) is 0 Å². The van der Waals surface area contributed by atoms with Crippen LogP contribution in [-0.2, 0) is 9.53 Å². The first-order valence-corrected chi connectivity index (χ1v) is 7.85. The van der Waals surface area contributed by atoms with E-state index in [4.69, 9.17) is 4.74 Å².